The minimum Gasteiger partial charge on any atom is -0.348 e. The number of hydrogen-bond donors (Lipinski definition) is 1. The van der Waals surface area contributed by atoms with Crippen molar-refractivity contribution < 1.29 is 9.18 Å². The molecule has 0 aliphatic carbocycles. The van der Waals surface area contributed by atoms with Gasteiger partial charge in [0.25, 0.3) is 0 Å². The van der Waals surface area contributed by atoms with Gasteiger partial charge < -0.3 is 5.32 Å². The molecule has 1 heterocycles. The monoisotopic (exact) mass is 318 g/mol. The van der Waals surface area contributed by atoms with Gasteiger partial charge in [0.2, 0.25) is 5.91 Å². The first kappa shape index (κ1) is 17.1. The van der Waals surface area contributed by atoms with E-state index in [0.29, 0.717) is 0 Å². The van der Waals surface area contributed by atoms with Crippen LogP contribution in [0, 0.1) is 5.82 Å². The third-order valence-electron chi connectivity index (χ3n) is 4.01. The van der Waals surface area contributed by atoms with Crippen molar-refractivity contribution in [2.45, 2.75) is 32.5 Å². The lowest BCUT2D eigenvalue weighted by atomic mass is 10.1. The standard InChI is InChI=1S/C17H23FN4O/c1-13(15-5-7-16(18)8-6-15)20-17(23)14(2)21(3)11-12-22-10-4-9-19-22/h4-10,13-14H,11-12H2,1-3H3,(H,20,23)/t13-,14+/m1/s1. The normalized spacial score (nSPS) is 13.8. The molecule has 6 heteroatoms. The molecule has 0 saturated carbocycles. The lowest BCUT2D eigenvalue weighted by Gasteiger charge is -2.25. The highest BCUT2D eigenvalue weighted by Crippen LogP contribution is 2.13. The summed E-state index contributed by atoms with van der Waals surface area (Å²) in [5.41, 5.74) is 0.881. The fourth-order valence-corrected chi connectivity index (χ4v) is 2.26. The number of aromatic nitrogens is 2. The van der Waals surface area contributed by atoms with Crippen LogP contribution in [0.1, 0.15) is 25.5 Å². The first-order chi connectivity index (χ1) is 11.0. The fraction of sp³-hybridized carbons (Fsp3) is 0.412. The lowest BCUT2D eigenvalue weighted by molar-refractivity contribution is -0.126. The summed E-state index contributed by atoms with van der Waals surface area (Å²) in [4.78, 5) is 14.3. The van der Waals surface area contributed by atoms with Crippen molar-refractivity contribution >= 4 is 5.91 Å². The topological polar surface area (TPSA) is 50.2 Å². The van der Waals surface area contributed by atoms with Gasteiger partial charge in [-0.25, -0.2) is 4.39 Å². The van der Waals surface area contributed by atoms with Gasteiger partial charge in [0.1, 0.15) is 5.82 Å². The Bertz CT molecular complexity index is 612. The van der Waals surface area contributed by atoms with Gasteiger partial charge in [-0.15, -0.1) is 0 Å². The molecule has 0 aliphatic rings. The van der Waals surface area contributed by atoms with Gasteiger partial charge in [-0.2, -0.15) is 5.10 Å². The predicted octanol–water partition coefficient (Wildman–Crippen LogP) is 2.22. The third kappa shape index (κ3) is 4.89. The molecule has 0 aliphatic heterocycles. The smallest absolute Gasteiger partial charge is 0.237 e. The van der Waals surface area contributed by atoms with E-state index >= 15 is 0 Å². The highest BCUT2D eigenvalue weighted by Gasteiger charge is 2.20. The van der Waals surface area contributed by atoms with Crippen molar-refractivity contribution in [3.05, 3.63) is 54.1 Å². The van der Waals surface area contributed by atoms with Gasteiger partial charge in [-0.3, -0.25) is 14.4 Å². The molecule has 1 aromatic carbocycles. The fourth-order valence-electron chi connectivity index (χ4n) is 2.26. The SMILES string of the molecule is C[C@@H](NC(=O)[C@H](C)N(C)CCn1cccn1)c1ccc(F)cc1. The summed E-state index contributed by atoms with van der Waals surface area (Å²) >= 11 is 0. The maximum Gasteiger partial charge on any atom is 0.237 e. The molecule has 0 bridgehead atoms. The highest BCUT2D eigenvalue weighted by atomic mass is 19.1. The first-order valence-electron chi connectivity index (χ1n) is 7.71. The van der Waals surface area contributed by atoms with Crippen LogP contribution in [0.15, 0.2) is 42.7 Å². The average molecular weight is 318 g/mol. The van der Waals surface area contributed by atoms with E-state index < -0.39 is 0 Å². The number of hydrogen-bond acceptors (Lipinski definition) is 3. The van der Waals surface area contributed by atoms with Gasteiger partial charge in [0.05, 0.1) is 18.6 Å². The molecular formula is C17H23FN4O. The molecule has 2 aromatic rings. The molecule has 124 valence electrons. The quantitative estimate of drug-likeness (QED) is 0.851. The van der Waals surface area contributed by atoms with Crippen molar-refractivity contribution in [2.75, 3.05) is 13.6 Å². The molecule has 0 fully saturated rings. The molecule has 0 unspecified atom stereocenters. The summed E-state index contributed by atoms with van der Waals surface area (Å²) in [6, 6.07) is 7.63. The van der Waals surface area contributed by atoms with Crippen molar-refractivity contribution in [1.82, 2.24) is 20.0 Å². The van der Waals surface area contributed by atoms with Gasteiger partial charge in [-0.05, 0) is 44.7 Å². The maximum atomic E-state index is 12.9. The zero-order chi connectivity index (χ0) is 16.8. The second kappa shape index (κ2) is 7.87. The minimum absolute atomic E-state index is 0.0511. The van der Waals surface area contributed by atoms with Crippen molar-refractivity contribution in [2.24, 2.45) is 0 Å². The van der Waals surface area contributed by atoms with Crippen molar-refractivity contribution in [1.29, 1.82) is 0 Å². The number of carbonyl (C=O) groups excluding carboxylic acids is 1. The lowest BCUT2D eigenvalue weighted by Crippen LogP contribution is -2.45. The Morgan fingerprint density at radius 3 is 2.65 bits per heavy atom. The predicted molar refractivity (Wildman–Crippen MR) is 87.3 cm³/mol. The molecule has 5 nitrogen and oxygen atoms in total. The van der Waals surface area contributed by atoms with E-state index in [-0.39, 0.29) is 23.8 Å². The van der Waals surface area contributed by atoms with Crippen molar-refractivity contribution in [3.63, 3.8) is 0 Å². The molecule has 2 rings (SSSR count). The summed E-state index contributed by atoms with van der Waals surface area (Å²) < 4.78 is 14.8. The van der Waals surface area contributed by atoms with Gasteiger partial charge in [-0.1, -0.05) is 12.1 Å². The zero-order valence-electron chi connectivity index (χ0n) is 13.7. The minimum atomic E-state index is -0.279. The van der Waals surface area contributed by atoms with Crippen LogP contribution in [0.5, 0.6) is 0 Å². The third-order valence-corrected chi connectivity index (χ3v) is 4.01. The van der Waals surface area contributed by atoms with Gasteiger partial charge in [0, 0.05) is 18.9 Å². The number of carbonyl (C=O) groups is 1. The molecule has 0 spiro atoms. The van der Waals surface area contributed by atoms with E-state index in [4.69, 9.17) is 0 Å². The Morgan fingerprint density at radius 1 is 1.35 bits per heavy atom. The van der Waals surface area contributed by atoms with Crippen LogP contribution in [0.3, 0.4) is 0 Å². The number of nitrogens with one attached hydrogen (secondary N) is 1. The Morgan fingerprint density at radius 2 is 2.04 bits per heavy atom. The summed E-state index contributed by atoms with van der Waals surface area (Å²) in [5, 5.41) is 7.11. The number of rotatable bonds is 7. The highest BCUT2D eigenvalue weighted by molar-refractivity contribution is 5.81. The summed E-state index contributed by atoms with van der Waals surface area (Å²) in [6.45, 7) is 5.22. The zero-order valence-corrected chi connectivity index (χ0v) is 13.7. The Labute approximate surface area is 136 Å². The van der Waals surface area contributed by atoms with Crippen LogP contribution in [0.4, 0.5) is 4.39 Å². The molecule has 0 radical (unpaired) electrons. The molecule has 1 amide bonds. The van der Waals surface area contributed by atoms with Crippen molar-refractivity contribution in [3.8, 4) is 0 Å². The number of benzene rings is 1. The molecule has 2 atom stereocenters. The van der Waals surface area contributed by atoms with E-state index in [9.17, 15) is 9.18 Å². The van der Waals surface area contributed by atoms with Gasteiger partial charge in [0.15, 0.2) is 0 Å². The molecule has 23 heavy (non-hydrogen) atoms. The summed E-state index contributed by atoms with van der Waals surface area (Å²) in [5.74, 6) is -0.330. The molecule has 1 N–H and O–H groups in total. The van der Waals surface area contributed by atoms with E-state index in [1.165, 1.54) is 12.1 Å². The van der Waals surface area contributed by atoms with E-state index in [0.717, 1.165) is 18.7 Å². The molecular weight excluding hydrogens is 295 g/mol. The van der Waals surface area contributed by atoms with E-state index in [2.05, 4.69) is 10.4 Å². The van der Waals surface area contributed by atoms with Gasteiger partial charge >= 0.3 is 0 Å². The van der Waals surface area contributed by atoms with Crippen LogP contribution >= 0.6 is 0 Å². The largest absolute Gasteiger partial charge is 0.348 e. The Kier molecular flexibility index (Phi) is 5.87. The first-order valence-corrected chi connectivity index (χ1v) is 7.71. The second-order valence-corrected chi connectivity index (χ2v) is 5.71. The van der Waals surface area contributed by atoms with E-state index in [1.54, 1.807) is 18.3 Å². The number of likely N-dealkylation sites (N-methyl/N-ethyl adjacent to an activating group) is 1. The number of amides is 1. The molecule has 0 saturated heterocycles. The summed E-state index contributed by atoms with van der Waals surface area (Å²) in [7, 11) is 1.91. The summed E-state index contributed by atoms with van der Waals surface area (Å²) in [6.07, 6.45) is 3.63. The van der Waals surface area contributed by atoms with Crippen LogP contribution < -0.4 is 5.32 Å². The van der Waals surface area contributed by atoms with Crippen LogP contribution in [-0.2, 0) is 11.3 Å². The number of halogens is 1. The Hall–Kier alpha value is -2.21. The van der Waals surface area contributed by atoms with Crippen LogP contribution in [0.25, 0.3) is 0 Å². The second-order valence-electron chi connectivity index (χ2n) is 5.71. The van der Waals surface area contributed by atoms with Crippen LogP contribution in [0.2, 0.25) is 0 Å². The maximum absolute atomic E-state index is 12.9. The Balaban J connectivity index is 1.84. The number of nitrogens with zero attached hydrogens (tertiary/aromatic N) is 3. The average Bonchev–Trinajstić information content (AvgIpc) is 3.05. The van der Waals surface area contributed by atoms with E-state index in [1.807, 2.05) is 42.7 Å². The van der Waals surface area contributed by atoms with Crippen LogP contribution in [-0.4, -0.2) is 40.2 Å². The molecule has 1 aromatic heterocycles.